The third-order valence-corrected chi connectivity index (χ3v) is 3.28. The molecule has 23 heavy (non-hydrogen) atoms. The molecule has 3 aromatic rings. The number of nitrogens with zero attached hydrogens (tertiary/aromatic N) is 4. The minimum Gasteiger partial charge on any atom is -0.339 e. The van der Waals surface area contributed by atoms with Crippen LogP contribution in [0.3, 0.4) is 0 Å². The largest absolute Gasteiger partial charge is 0.339 e. The second kappa shape index (κ2) is 6.04. The van der Waals surface area contributed by atoms with Crippen molar-refractivity contribution >= 4 is 11.6 Å². The molecule has 0 aliphatic rings. The number of aromatic nitrogens is 4. The molecule has 0 saturated carbocycles. The molecular formula is C16H17N5O2. The number of hydrogen-bond acceptors (Lipinski definition) is 5. The van der Waals surface area contributed by atoms with E-state index in [4.69, 9.17) is 4.52 Å². The number of nitrogens with one attached hydrogen (secondary N) is 1. The van der Waals surface area contributed by atoms with Gasteiger partial charge in [0, 0.05) is 30.4 Å². The number of carbonyl (C=O) groups is 1. The molecular weight excluding hydrogens is 294 g/mol. The van der Waals surface area contributed by atoms with E-state index in [0.29, 0.717) is 23.1 Å². The highest BCUT2D eigenvalue weighted by atomic mass is 16.5. The van der Waals surface area contributed by atoms with Gasteiger partial charge < -0.3 is 9.84 Å². The van der Waals surface area contributed by atoms with E-state index < -0.39 is 0 Å². The number of carbonyl (C=O) groups excluding carboxylic acids is 1. The molecule has 0 spiro atoms. The quantitative estimate of drug-likeness (QED) is 0.800. The Bertz CT molecular complexity index is 834. The fraction of sp³-hybridized carbons (Fsp3) is 0.250. The normalized spacial score (nSPS) is 11.0. The minimum atomic E-state index is -0.258. The van der Waals surface area contributed by atoms with Crippen LogP contribution in [0.25, 0.3) is 11.4 Å². The fourth-order valence-electron chi connectivity index (χ4n) is 2.09. The van der Waals surface area contributed by atoms with Gasteiger partial charge in [-0.15, -0.1) is 0 Å². The van der Waals surface area contributed by atoms with Crippen LogP contribution in [0.1, 0.15) is 36.3 Å². The SMILES string of the molecule is Cc1nc(-c2cccc(NC(=O)c3ccn(C(C)C)n3)c2)no1. The summed E-state index contributed by atoms with van der Waals surface area (Å²) < 4.78 is 6.72. The average molecular weight is 311 g/mol. The maximum absolute atomic E-state index is 12.3. The van der Waals surface area contributed by atoms with Gasteiger partial charge >= 0.3 is 0 Å². The number of hydrogen-bond donors (Lipinski definition) is 1. The van der Waals surface area contributed by atoms with E-state index in [2.05, 4.69) is 20.6 Å². The molecule has 0 radical (unpaired) electrons. The summed E-state index contributed by atoms with van der Waals surface area (Å²) in [5.74, 6) is 0.724. The predicted octanol–water partition coefficient (Wildman–Crippen LogP) is 3.07. The van der Waals surface area contributed by atoms with E-state index in [1.807, 2.05) is 26.0 Å². The van der Waals surface area contributed by atoms with Crippen molar-refractivity contribution in [1.29, 1.82) is 0 Å². The topological polar surface area (TPSA) is 85.8 Å². The Morgan fingerprint density at radius 2 is 2.13 bits per heavy atom. The van der Waals surface area contributed by atoms with Gasteiger partial charge in [0.1, 0.15) is 0 Å². The first-order chi connectivity index (χ1) is 11.0. The van der Waals surface area contributed by atoms with Crippen LogP contribution in [0.5, 0.6) is 0 Å². The lowest BCUT2D eigenvalue weighted by Crippen LogP contribution is -2.13. The lowest BCUT2D eigenvalue weighted by molar-refractivity contribution is 0.102. The Morgan fingerprint density at radius 3 is 2.78 bits per heavy atom. The average Bonchev–Trinajstić information content (AvgIpc) is 3.16. The van der Waals surface area contributed by atoms with E-state index in [0.717, 1.165) is 5.56 Å². The number of benzene rings is 1. The van der Waals surface area contributed by atoms with Crippen LogP contribution in [0.4, 0.5) is 5.69 Å². The van der Waals surface area contributed by atoms with Gasteiger partial charge in [-0.25, -0.2) is 0 Å². The lowest BCUT2D eigenvalue weighted by Gasteiger charge is -2.05. The van der Waals surface area contributed by atoms with Crippen molar-refractivity contribution in [2.75, 3.05) is 5.32 Å². The molecule has 2 aromatic heterocycles. The highest BCUT2D eigenvalue weighted by Crippen LogP contribution is 2.20. The summed E-state index contributed by atoms with van der Waals surface area (Å²) in [6.45, 7) is 5.74. The molecule has 0 aliphatic heterocycles. The smallest absolute Gasteiger partial charge is 0.276 e. The van der Waals surface area contributed by atoms with Gasteiger partial charge in [-0.1, -0.05) is 17.3 Å². The second-order valence-corrected chi connectivity index (χ2v) is 5.45. The molecule has 0 bridgehead atoms. The first-order valence-electron chi connectivity index (χ1n) is 7.30. The Kier molecular flexibility index (Phi) is 3.92. The number of rotatable bonds is 4. The van der Waals surface area contributed by atoms with E-state index in [-0.39, 0.29) is 11.9 Å². The first kappa shape index (κ1) is 15.0. The van der Waals surface area contributed by atoms with Crippen molar-refractivity contribution in [3.8, 4) is 11.4 Å². The van der Waals surface area contributed by atoms with Crippen molar-refractivity contribution in [1.82, 2.24) is 19.9 Å². The van der Waals surface area contributed by atoms with Crippen LogP contribution in [0.2, 0.25) is 0 Å². The summed E-state index contributed by atoms with van der Waals surface area (Å²) in [4.78, 5) is 16.4. The van der Waals surface area contributed by atoms with Crippen molar-refractivity contribution in [3.63, 3.8) is 0 Å². The molecule has 0 fully saturated rings. The third-order valence-electron chi connectivity index (χ3n) is 3.28. The van der Waals surface area contributed by atoms with Crippen LogP contribution in [0, 0.1) is 6.92 Å². The van der Waals surface area contributed by atoms with Gasteiger partial charge in [0.05, 0.1) is 0 Å². The molecule has 3 rings (SSSR count). The fourth-order valence-corrected chi connectivity index (χ4v) is 2.09. The molecule has 2 heterocycles. The first-order valence-corrected chi connectivity index (χ1v) is 7.30. The third kappa shape index (κ3) is 3.28. The molecule has 1 N–H and O–H groups in total. The molecule has 7 nitrogen and oxygen atoms in total. The van der Waals surface area contributed by atoms with Crippen LogP contribution in [-0.4, -0.2) is 25.8 Å². The van der Waals surface area contributed by atoms with Crippen LogP contribution < -0.4 is 5.32 Å². The van der Waals surface area contributed by atoms with Gasteiger partial charge in [-0.2, -0.15) is 10.1 Å². The van der Waals surface area contributed by atoms with E-state index in [9.17, 15) is 4.79 Å². The Morgan fingerprint density at radius 1 is 1.30 bits per heavy atom. The summed E-state index contributed by atoms with van der Waals surface area (Å²) in [5.41, 5.74) is 1.79. The molecule has 0 aliphatic carbocycles. The van der Waals surface area contributed by atoms with E-state index >= 15 is 0 Å². The van der Waals surface area contributed by atoms with Crippen molar-refractivity contribution in [3.05, 3.63) is 48.1 Å². The maximum Gasteiger partial charge on any atom is 0.276 e. The predicted molar refractivity (Wildman–Crippen MR) is 85.0 cm³/mol. The standard InChI is InChI=1S/C16H17N5O2/c1-10(2)21-8-7-14(19-21)16(22)18-13-6-4-5-12(9-13)15-17-11(3)23-20-15/h4-10H,1-3H3,(H,18,22). The second-order valence-electron chi connectivity index (χ2n) is 5.45. The molecule has 7 heteroatoms. The monoisotopic (exact) mass is 311 g/mol. The summed E-state index contributed by atoms with van der Waals surface area (Å²) in [5, 5.41) is 11.0. The number of amides is 1. The lowest BCUT2D eigenvalue weighted by atomic mass is 10.2. The van der Waals surface area contributed by atoms with Gasteiger partial charge in [0.15, 0.2) is 5.69 Å². The van der Waals surface area contributed by atoms with Gasteiger partial charge in [0.2, 0.25) is 11.7 Å². The van der Waals surface area contributed by atoms with Crippen molar-refractivity contribution in [2.24, 2.45) is 0 Å². The summed E-state index contributed by atoms with van der Waals surface area (Å²) in [6.07, 6.45) is 1.79. The zero-order valence-electron chi connectivity index (χ0n) is 13.1. The van der Waals surface area contributed by atoms with Gasteiger partial charge in [-0.05, 0) is 32.0 Å². The molecule has 0 saturated heterocycles. The van der Waals surface area contributed by atoms with E-state index in [1.165, 1.54) is 0 Å². The maximum atomic E-state index is 12.3. The zero-order valence-corrected chi connectivity index (χ0v) is 13.1. The highest BCUT2D eigenvalue weighted by Gasteiger charge is 2.12. The summed E-state index contributed by atoms with van der Waals surface area (Å²) >= 11 is 0. The summed E-state index contributed by atoms with van der Waals surface area (Å²) in [7, 11) is 0. The van der Waals surface area contributed by atoms with Crippen molar-refractivity contribution < 1.29 is 9.32 Å². The number of anilines is 1. The molecule has 0 atom stereocenters. The van der Waals surface area contributed by atoms with Gasteiger partial charge in [-0.3, -0.25) is 9.48 Å². The van der Waals surface area contributed by atoms with Crippen molar-refractivity contribution in [2.45, 2.75) is 26.8 Å². The molecule has 0 unspecified atom stereocenters. The Balaban J connectivity index is 1.78. The van der Waals surface area contributed by atoms with Crippen LogP contribution in [0.15, 0.2) is 41.1 Å². The highest BCUT2D eigenvalue weighted by molar-refractivity contribution is 6.03. The minimum absolute atomic E-state index is 0.210. The van der Waals surface area contributed by atoms with E-state index in [1.54, 1.807) is 36.0 Å². The zero-order chi connectivity index (χ0) is 16.4. The Hall–Kier alpha value is -2.96. The molecule has 118 valence electrons. The van der Waals surface area contributed by atoms with Gasteiger partial charge in [0.25, 0.3) is 5.91 Å². The molecule has 1 amide bonds. The molecule has 1 aromatic carbocycles. The van der Waals surface area contributed by atoms with Crippen LogP contribution >= 0.6 is 0 Å². The Labute approximate surface area is 133 Å². The number of aryl methyl sites for hydroxylation is 1. The summed E-state index contributed by atoms with van der Waals surface area (Å²) in [6, 6.07) is 9.18. The van der Waals surface area contributed by atoms with Crippen LogP contribution in [-0.2, 0) is 0 Å².